The summed E-state index contributed by atoms with van der Waals surface area (Å²) in [6, 6.07) is 30.1. The molecule has 4 aromatic rings. The van der Waals surface area contributed by atoms with Crippen LogP contribution in [0.25, 0.3) is 22.3 Å². The molecule has 0 amide bonds. The number of epoxide rings is 2. The van der Waals surface area contributed by atoms with Crippen LogP contribution in [-0.4, -0.2) is 63.8 Å². The van der Waals surface area contributed by atoms with Gasteiger partial charge >= 0.3 is 11.9 Å². The van der Waals surface area contributed by atoms with Crippen molar-refractivity contribution in [2.45, 2.75) is 19.1 Å². The van der Waals surface area contributed by atoms with E-state index in [-0.39, 0.29) is 31.3 Å². The van der Waals surface area contributed by atoms with E-state index < -0.39 is 11.9 Å². The van der Waals surface area contributed by atoms with Crippen molar-refractivity contribution in [3.05, 3.63) is 108 Å². The van der Waals surface area contributed by atoms with Crippen LogP contribution in [-0.2, 0) is 18.9 Å². The molecule has 4 aromatic carbocycles. The van der Waals surface area contributed by atoms with E-state index in [4.69, 9.17) is 28.4 Å². The lowest BCUT2D eigenvalue weighted by atomic mass is 10.0. The van der Waals surface area contributed by atoms with Gasteiger partial charge in [0.05, 0.1) is 37.6 Å². The number of esters is 2. The molecular weight excluding hydrogens is 560 g/mol. The Kier molecular flexibility index (Phi) is 9.20. The zero-order valence-electron chi connectivity index (χ0n) is 24.5. The summed E-state index contributed by atoms with van der Waals surface area (Å²) < 4.78 is 32.6. The Bertz CT molecular complexity index is 1420. The fraction of sp³-hybridized carbons (Fsp3) is 0.278. The fourth-order valence-electron chi connectivity index (χ4n) is 4.44. The maximum absolute atomic E-state index is 12.6. The van der Waals surface area contributed by atoms with Gasteiger partial charge in [-0.25, -0.2) is 9.59 Å². The third-order valence-electron chi connectivity index (χ3n) is 7.29. The third-order valence-corrected chi connectivity index (χ3v) is 7.29. The molecule has 2 aliphatic rings. The van der Waals surface area contributed by atoms with Gasteiger partial charge in [-0.05, 0) is 70.8 Å². The number of carbonyl (C=O) groups excluding carboxylic acids is 2. The minimum absolute atomic E-state index is 0.132. The minimum atomic E-state index is -0.423. The van der Waals surface area contributed by atoms with Crippen LogP contribution in [0, 0.1) is 5.92 Å². The maximum atomic E-state index is 12.6. The Morgan fingerprint density at radius 1 is 0.591 bits per heavy atom. The molecule has 8 heteroatoms. The summed E-state index contributed by atoms with van der Waals surface area (Å²) in [4.78, 5) is 25.2. The summed E-state index contributed by atoms with van der Waals surface area (Å²) in [5, 5.41) is 0. The highest BCUT2D eigenvalue weighted by atomic mass is 16.6. The molecule has 0 bridgehead atoms. The Balaban J connectivity index is 0.919. The highest BCUT2D eigenvalue weighted by molar-refractivity contribution is 5.90. The minimum Gasteiger partial charge on any atom is -0.491 e. The molecule has 2 aliphatic heterocycles. The molecule has 0 aromatic heterocycles. The first-order chi connectivity index (χ1) is 21.5. The number of rotatable bonds is 14. The molecule has 226 valence electrons. The lowest BCUT2D eigenvalue weighted by molar-refractivity contribution is 0.0283. The molecule has 2 fully saturated rings. The Labute approximate surface area is 256 Å². The van der Waals surface area contributed by atoms with Gasteiger partial charge in [-0.2, -0.15) is 0 Å². The maximum Gasteiger partial charge on any atom is 0.338 e. The van der Waals surface area contributed by atoms with Gasteiger partial charge < -0.3 is 28.4 Å². The molecule has 8 nitrogen and oxygen atoms in total. The summed E-state index contributed by atoms with van der Waals surface area (Å²) >= 11 is 0. The van der Waals surface area contributed by atoms with Crippen LogP contribution in [0.4, 0.5) is 0 Å². The van der Waals surface area contributed by atoms with Crippen molar-refractivity contribution < 1.29 is 38.0 Å². The van der Waals surface area contributed by atoms with Crippen molar-refractivity contribution >= 4 is 11.9 Å². The monoisotopic (exact) mass is 594 g/mol. The Hall–Kier alpha value is -4.66. The van der Waals surface area contributed by atoms with Crippen molar-refractivity contribution in [3.63, 3.8) is 0 Å². The molecule has 0 N–H and O–H groups in total. The summed E-state index contributed by atoms with van der Waals surface area (Å²) in [6.07, 6.45) is 0.431. The smallest absolute Gasteiger partial charge is 0.338 e. The van der Waals surface area contributed by atoms with Crippen molar-refractivity contribution in [2.75, 3.05) is 39.6 Å². The second-order valence-corrected chi connectivity index (χ2v) is 11.0. The average Bonchev–Trinajstić information content (AvgIpc) is 4.01. The van der Waals surface area contributed by atoms with Crippen molar-refractivity contribution in [3.8, 4) is 33.8 Å². The number of hydrogen-bond acceptors (Lipinski definition) is 8. The predicted molar refractivity (Wildman–Crippen MR) is 164 cm³/mol. The molecular formula is C36H34O8. The van der Waals surface area contributed by atoms with E-state index in [9.17, 15) is 9.59 Å². The van der Waals surface area contributed by atoms with Crippen molar-refractivity contribution in [2.24, 2.45) is 5.92 Å². The Morgan fingerprint density at radius 2 is 0.909 bits per heavy atom. The van der Waals surface area contributed by atoms with Crippen molar-refractivity contribution in [1.29, 1.82) is 0 Å². The molecule has 2 atom stereocenters. The largest absolute Gasteiger partial charge is 0.491 e. The van der Waals surface area contributed by atoms with Gasteiger partial charge in [0, 0.05) is 5.92 Å². The Morgan fingerprint density at radius 3 is 1.23 bits per heavy atom. The predicted octanol–water partition coefficient (Wildman–Crippen LogP) is 6.23. The van der Waals surface area contributed by atoms with E-state index in [1.165, 1.54) is 0 Å². The number of benzene rings is 4. The highest BCUT2D eigenvalue weighted by Gasteiger charge is 2.23. The van der Waals surface area contributed by atoms with Crippen LogP contribution in [0.1, 0.15) is 27.6 Å². The first kappa shape index (κ1) is 29.4. The van der Waals surface area contributed by atoms with Crippen LogP contribution < -0.4 is 9.47 Å². The lowest BCUT2D eigenvalue weighted by Gasteiger charge is -2.13. The standard InChI is InChI=1S/C36H34O8/c1-24(18-43-35(37)29-6-2-25(3-7-29)27-10-14-31(15-11-27)39-20-33-22-41-33)19-44-36(38)30-8-4-26(5-9-30)28-12-16-32(17-13-28)40-21-34-23-42-34/h2-17,24,33-34H,18-23H2,1H3. The SMILES string of the molecule is CC(COC(=O)c1ccc(-c2ccc(OCC3CO3)cc2)cc1)COC(=O)c1ccc(-c2ccc(OCC3CO3)cc2)cc1. The highest BCUT2D eigenvalue weighted by Crippen LogP contribution is 2.25. The van der Waals surface area contributed by atoms with Crippen LogP contribution >= 0.6 is 0 Å². The van der Waals surface area contributed by atoms with Gasteiger partial charge in [-0.15, -0.1) is 0 Å². The second-order valence-electron chi connectivity index (χ2n) is 11.0. The summed E-state index contributed by atoms with van der Waals surface area (Å²) in [6.45, 7) is 4.79. The van der Waals surface area contributed by atoms with Crippen LogP contribution in [0.15, 0.2) is 97.1 Å². The van der Waals surface area contributed by atoms with Gasteiger partial charge in [-0.1, -0.05) is 55.5 Å². The fourth-order valence-corrected chi connectivity index (χ4v) is 4.44. The molecule has 2 saturated heterocycles. The van der Waals surface area contributed by atoms with E-state index in [2.05, 4.69) is 0 Å². The topological polar surface area (TPSA) is 96.1 Å². The van der Waals surface area contributed by atoms with E-state index in [1.54, 1.807) is 24.3 Å². The average molecular weight is 595 g/mol. The molecule has 2 heterocycles. The van der Waals surface area contributed by atoms with Gasteiger partial charge in [0.1, 0.15) is 36.9 Å². The summed E-state index contributed by atoms with van der Waals surface area (Å²) in [5.74, 6) is 0.582. The van der Waals surface area contributed by atoms with Gasteiger partial charge in [0.15, 0.2) is 0 Å². The first-order valence-corrected chi connectivity index (χ1v) is 14.7. The summed E-state index contributed by atoms with van der Waals surface area (Å²) in [5.41, 5.74) is 4.91. The second kappa shape index (κ2) is 13.8. The first-order valence-electron chi connectivity index (χ1n) is 14.7. The zero-order chi connectivity index (χ0) is 30.3. The molecule has 0 radical (unpaired) electrons. The van der Waals surface area contributed by atoms with Gasteiger partial charge in [-0.3, -0.25) is 0 Å². The third kappa shape index (κ3) is 8.24. The molecule has 6 rings (SSSR count). The van der Waals surface area contributed by atoms with Crippen molar-refractivity contribution in [1.82, 2.24) is 0 Å². The molecule has 2 unspecified atom stereocenters. The van der Waals surface area contributed by atoms with E-state index >= 15 is 0 Å². The van der Waals surface area contributed by atoms with Gasteiger partial charge in [0.2, 0.25) is 0 Å². The molecule has 44 heavy (non-hydrogen) atoms. The van der Waals surface area contributed by atoms with E-state index in [0.717, 1.165) is 47.0 Å². The van der Waals surface area contributed by atoms with E-state index in [1.807, 2.05) is 79.7 Å². The summed E-state index contributed by atoms with van der Waals surface area (Å²) in [7, 11) is 0. The number of ether oxygens (including phenoxy) is 6. The molecule has 0 spiro atoms. The normalized spacial score (nSPS) is 17.3. The number of hydrogen-bond donors (Lipinski definition) is 0. The number of carbonyl (C=O) groups is 2. The zero-order valence-corrected chi connectivity index (χ0v) is 24.5. The molecule has 0 aliphatic carbocycles. The van der Waals surface area contributed by atoms with Crippen LogP contribution in [0.2, 0.25) is 0 Å². The van der Waals surface area contributed by atoms with Crippen LogP contribution in [0.5, 0.6) is 11.5 Å². The lowest BCUT2D eigenvalue weighted by Crippen LogP contribution is -2.18. The molecule has 0 saturated carbocycles. The van der Waals surface area contributed by atoms with Gasteiger partial charge in [0.25, 0.3) is 0 Å². The van der Waals surface area contributed by atoms with Crippen LogP contribution in [0.3, 0.4) is 0 Å². The quantitative estimate of drug-likeness (QED) is 0.125. The van der Waals surface area contributed by atoms with E-state index in [0.29, 0.717) is 24.3 Å².